The number of phenolic OH excluding ortho intramolecular Hbond substituents is 1. The number of hydrogen-bond acceptors (Lipinski definition) is 5. The molecule has 1 aromatic carbocycles. The Morgan fingerprint density at radius 1 is 1.29 bits per heavy atom. The number of likely N-dealkylation sites (N-methyl/N-ethyl adjacent to an activating group) is 1. The molecule has 0 aliphatic heterocycles. The first-order valence-electron chi connectivity index (χ1n) is 7.20. The Morgan fingerprint density at radius 2 is 1.92 bits per heavy atom. The average molecular weight is 401 g/mol. The van der Waals surface area contributed by atoms with E-state index in [1.165, 1.54) is 19.2 Å². The first-order valence-corrected chi connectivity index (χ1v) is 7.99. The summed E-state index contributed by atoms with van der Waals surface area (Å²) in [4.78, 5) is 36.8. The summed E-state index contributed by atoms with van der Waals surface area (Å²) < 4.78 is 5.48. The van der Waals surface area contributed by atoms with Gasteiger partial charge in [0.1, 0.15) is 11.3 Å². The number of carbonyl (C=O) groups is 3. The molecule has 0 aliphatic rings. The predicted molar refractivity (Wildman–Crippen MR) is 91.6 cm³/mol. The number of rotatable bonds is 5. The molecule has 7 nitrogen and oxygen atoms in total. The van der Waals surface area contributed by atoms with E-state index in [1.807, 2.05) is 20.8 Å². The molecule has 0 heterocycles. The first kappa shape index (κ1) is 20.0. The predicted octanol–water partition coefficient (Wildman–Crippen LogP) is 1.68. The SMILES string of the molecule is CN(CC(=O)NC(C)(C)C)C(=O)COC(=O)c1cc(Br)ccc1O. The topological polar surface area (TPSA) is 95.9 Å². The van der Waals surface area contributed by atoms with Crippen molar-refractivity contribution < 1.29 is 24.2 Å². The van der Waals surface area contributed by atoms with Crippen LogP contribution in [0.2, 0.25) is 0 Å². The van der Waals surface area contributed by atoms with E-state index in [0.717, 1.165) is 4.90 Å². The molecule has 2 amide bonds. The highest BCUT2D eigenvalue weighted by atomic mass is 79.9. The summed E-state index contributed by atoms with van der Waals surface area (Å²) in [6.45, 7) is 4.83. The number of halogens is 1. The van der Waals surface area contributed by atoms with E-state index in [9.17, 15) is 19.5 Å². The van der Waals surface area contributed by atoms with Crippen LogP contribution in [-0.2, 0) is 14.3 Å². The van der Waals surface area contributed by atoms with Gasteiger partial charge < -0.3 is 20.1 Å². The van der Waals surface area contributed by atoms with Gasteiger partial charge in [-0.25, -0.2) is 4.79 Å². The van der Waals surface area contributed by atoms with Crippen molar-refractivity contribution in [2.24, 2.45) is 0 Å². The van der Waals surface area contributed by atoms with Crippen LogP contribution in [0.15, 0.2) is 22.7 Å². The first-order chi connectivity index (χ1) is 11.0. The normalized spacial score (nSPS) is 10.9. The highest BCUT2D eigenvalue weighted by molar-refractivity contribution is 9.10. The van der Waals surface area contributed by atoms with Gasteiger partial charge in [0, 0.05) is 17.1 Å². The minimum atomic E-state index is -0.824. The Bertz CT molecular complexity index is 640. The summed E-state index contributed by atoms with van der Waals surface area (Å²) in [5.74, 6) is -1.90. The Hall–Kier alpha value is -2.09. The van der Waals surface area contributed by atoms with Crippen LogP contribution in [0.25, 0.3) is 0 Å². The largest absolute Gasteiger partial charge is 0.507 e. The second-order valence-corrected chi connectivity index (χ2v) is 7.20. The van der Waals surface area contributed by atoms with Gasteiger partial charge in [-0.05, 0) is 39.0 Å². The van der Waals surface area contributed by atoms with E-state index in [0.29, 0.717) is 4.47 Å². The molecular formula is C16H21BrN2O5. The Morgan fingerprint density at radius 3 is 2.50 bits per heavy atom. The molecule has 0 bridgehead atoms. The summed E-state index contributed by atoms with van der Waals surface area (Å²) in [5, 5.41) is 12.4. The highest BCUT2D eigenvalue weighted by Crippen LogP contribution is 2.22. The number of nitrogens with one attached hydrogen (secondary N) is 1. The number of ether oxygens (including phenoxy) is 1. The van der Waals surface area contributed by atoms with E-state index < -0.39 is 24.0 Å². The fourth-order valence-corrected chi connectivity index (χ4v) is 2.11. The Balaban J connectivity index is 2.54. The minimum absolute atomic E-state index is 0.0506. The second-order valence-electron chi connectivity index (χ2n) is 6.29. The summed E-state index contributed by atoms with van der Waals surface area (Å²) in [5.41, 5.74) is -0.448. The van der Waals surface area contributed by atoms with Gasteiger partial charge in [0.25, 0.3) is 5.91 Å². The standard InChI is InChI=1S/C16H21BrN2O5/c1-16(2,3)18-13(21)8-19(4)14(22)9-24-15(23)11-7-10(17)5-6-12(11)20/h5-7,20H,8-9H2,1-4H3,(H,18,21). The second kappa shape index (κ2) is 8.14. The van der Waals surface area contributed by atoms with E-state index in [4.69, 9.17) is 4.74 Å². The van der Waals surface area contributed by atoms with Crippen molar-refractivity contribution >= 4 is 33.7 Å². The van der Waals surface area contributed by atoms with Gasteiger partial charge in [-0.1, -0.05) is 15.9 Å². The third kappa shape index (κ3) is 6.57. The van der Waals surface area contributed by atoms with Gasteiger partial charge in [0.15, 0.2) is 6.61 Å². The van der Waals surface area contributed by atoms with Gasteiger partial charge in [-0.3, -0.25) is 9.59 Å². The van der Waals surface area contributed by atoms with E-state index >= 15 is 0 Å². The van der Waals surface area contributed by atoms with Crippen molar-refractivity contribution in [1.29, 1.82) is 0 Å². The number of esters is 1. The zero-order valence-electron chi connectivity index (χ0n) is 14.1. The van der Waals surface area contributed by atoms with Crippen molar-refractivity contribution in [2.75, 3.05) is 20.2 Å². The molecule has 0 unspecified atom stereocenters. The van der Waals surface area contributed by atoms with Crippen LogP contribution in [0.3, 0.4) is 0 Å². The molecule has 0 atom stereocenters. The van der Waals surface area contributed by atoms with Gasteiger partial charge in [0.05, 0.1) is 6.54 Å². The maximum Gasteiger partial charge on any atom is 0.342 e. The fourth-order valence-electron chi connectivity index (χ4n) is 1.75. The van der Waals surface area contributed by atoms with Crippen LogP contribution in [0.4, 0.5) is 0 Å². The van der Waals surface area contributed by atoms with E-state index in [2.05, 4.69) is 21.2 Å². The van der Waals surface area contributed by atoms with Crippen LogP contribution in [-0.4, -0.2) is 53.5 Å². The summed E-state index contributed by atoms with van der Waals surface area (Å²) in [6, 6.07) is 4.30. The zero-order valence-corrected chi connectivity index (χ0v) is 15.6. The Kier molecular flexibility index (Phi) is 6.77. The smallest absolute Gasteiger partial charge is 0.342 e. The molecule has 0 saturated heterocycles. The lowest BCUT2D eigenvalue weighted by Crippen LogP contribution is -2.46. The summed E-state index contributed by atoms with van der Waals surface area (Å²) >= 11 is 3.18. The van der Waals surface area contributed by atoms with Crippen LogP contribution < -0.4 is 5.32 Å². The van der Waals surface area contributed by atoms with Crippen LogP contribution in [0.5, 0.6) is 5.75 Å². The van der Waals surface area contributed by atoms with Crippen LogP contribution >= 0.6 is 15.9 Å². The minimum Gasteiger partial charge on any atom is -0.507 e. The van der Waals surface area contributed by atoms with Gasteiger partial charge in [-0.2, -0.15) is 0 Å². The zero-order chi connectivity index (χ0) is 18.5. The molecule has 1 rings (SSSR count). The molecule has 0 radical (unpaired) electrons. The van der Waals surface area contributed by atoms with Crippen molar-refractivity contribution in [3.05, 3.63) is 28.2 Å². The maximum absolute atomic E-state index is 11.9. The lowest BCUT2D eigenvalue weighted by molar-refractivity contribution is -0.137. The summed E-state index contributed by atoms with van der Waals surface area (Å²) in [7, 11) is 1.44. The molecule has 0 aromatic heterocycles. The molecule has 8 heteroatoms. The molecule has 132 valence electrons. The Labute approximate surface area is 149 Å². The van der Waals surface area contributed by atoms with E-state index in [-0.39, 0.29) is 23.8 Å². The third-order valence-corrected chi connectivity index (χ3v) is 3.32. The molecular weight excluding hydrogens is 380 g/mol. The maximum atomic E-state index is 11.9. The number of nitrogens with zero attached hydrogens (tertiary/aromatic N) is 1. The lowest BCUT2D eigenvalue weighted by atomic mass is 10.1. The van der Waals surface area contributed by atoms with Crippen molar-refractivity contribution in [2.45, 2.75) is 26.3 Å². The molecule has 0 spiro atoms. The molecule has 0 fully saturated rings. The van der Waals surface area contributed by atoms with Crippen LogP contribution in [0, 0.1) is 0 Å². The number of hydrogen-bond donors (Lipinski definition) is 2. The monoisotopic (exact) mass is 400 g/mol. The third-order valence-electron chi connectivity index (χ3n) is 2.83. The molecule has 24 heavy (non-hydrogen) atoms. The lowest BCUT2D eigenvalue weighted by Gasteiger charge is -2.23. The summed E-state index contributed by atoms with van der Waals surface area (Å²) in [6.07, 6.45) is 0. The molecule has 1 aromatic rings. The molecule has 0 saturated carbocycles. The van der Waals surface area contributed by atoms with Gasteiger partial charge in [-0.15, -0.1) is 0 Å². The number of carbonyl (C=O) groups excluding carboxylic acids is 3. The van der Waals surface area contributed by atoms with Crippen LogP contribution in [0.1, 0.15) is 31.1 Å². The number of benzene rings is 1. The molecule has 2 N–H and O–H groups in total. The fraction of sp³-hybridized carbons (Fsp3) is 0.438. The van der Waals surface area contributed by atoms with Crippen molar-refractivity contribution in [1.82, 2.24) is 10.2 Å². The molecule has 0 aliphatic carbocycles. The van der Waals surface area contributed by atoms with Gasteiger partial charge in [0.2, 0.25) is 5.91 Å². The highest BCUT2D eigenvalue weighted by Gasteiger charge is 2.20. The van der Waals surface area contributed by atoms with E-state index in [1.54, 1.807) is 6.07 Å². The van der Waals surface area contributed by atoms with Crippen molar-refractivity contribution in [3.8, 4) is 5.75 Å². The number of phenols is 1. The quantitative estimate of drug-likeness (QED) is 0.733. The number of aromatic hydroxyl groups is 1. The number of amides is 2. The van der Waals surface area contributed by atoms with Crippen molar-refractivity contribution in [3.63, 3.8) is 0 Å². The average Bonchev–Trinajstić information content (AvgIpc) is 2.44. The van der Waals surface area contributed by atoms with Gasteiger partial charge >= 0.3 is 5.97 Å².